The van der Waals surface area contributed by atoms with Crippen LogP contribution >= 0.6 is 11.6 Å². The number of halogens is 1. The standard InChI is InChI=1S/C8H10ClN3O/c1-4-6(10)7(12-8(9)11-4)13-5-2-3-5/h5H,2-3,10H2,1H3. The zero-order valence-electron chi connectivity index (χ0n) is 7.25. The maximum atomic E-state index is 5.72. The molecule has 1 aliphatic rings. The molecule has 2 N–H and O–H groups in total. The third-order valence-electron chi connectivity index (χ3n) is 1.88. The summed E-state index contributed by atoms with van der Waals surface area (Å²) in [6, 6.07) is 0. The molecule has 1 aliphatic carbocycles. The van der Waals surface area contributed by atoms with E-state index in [1.165, 1.54) is 0 Å². The first-order valence-corrected chi connectivity index (χ1v) is 4.51. The minimum Gasteiger partial charge on any atom is -0.473 e. The lowest BCUT2D eigenvalue weighted by Crippen LogP contribution is -2.05. The summed E-state index contributed by atoms with van der Waals surface area (Å²) in [4.78, 5) is 7.83. The Morgan fingerprint density at radius 3 is 2.77 bits per heavy atom. The Bertz CT molecular complexity index is 338. The lowest BCUT2D eigenvalue weighted by Gasteiger charge is -2.07. The van der Waals surface area contributed by atoms with Gasteiger partial charge in [-0.25, -0.2) is 4.98 Å². The van der Waals surface area contributed by atoms with Crippen LogP contribution < -0.4 is 10.5 Å². The van der Waals surface area contributed by atoms with Crippen molar-refractivity contribution in [2.75, 3.05) is 5.73 Å². The molecule has 0 amide bonds. The van der Waals surface area contributed by atoms with Gasteiger partial charge in [0.05, 0.1) is 5.69 Å². The largest absolute Gasteiger partial charge is 0.473 e. The quantitative estimate of drug-likeness (QED) is 0.735. The van der Waals surface area contributed by atoms with E-state index in [4.69, 9.17) is 22.1 Å². The van der Waals surface area contributed by atoms with Crippen molar-refractivity contribution < 1.29 is 4.74 Å². The van der Waals surface area contributed by atoms with Crippen LogP contribution in [-0.2, 0) is 0 Å². The van der Waals surface area contributed by atoms with E-state index in [-0.39, 0.29) is 11.4 Å². The molecule has 1 saturated carbocycles. The fraction of sp³-hybridized carbons (Fsp3) is 0.500. The minimum absolute atomic E-state index is 0.183. The lowest BCUT2D eigenvalue weighted by molar-refractivity contribution is 0.292. The van der Waals surface area contributed by atoms with Crippen LogP contribution in [0.25, 0.3) is 0 Å². The third kappa shape index (κ3) is 1.83. The van der Waals surface area contributed by atoms with Gasteiger partial charge >= 0.3 is 0 Å². The van der Waals surface area contributed by atoms with Crippen molar-refractivity contribution in [1.29, 1.82) is 0 Å². The molecule has 70 valence electrons. The lowest BCUT2D eigenvalue weighted by atomic mass is 10.4. The summed E-state index contributed by atoms with van der Waals surface area (Å²) < 4.78 is 5.46. The maximum Gasteiger partial charge on any atom is 0.242 e. The third-order valence-corrected chi connectivity index (χ3v) is 2.05. The van der Waals surface area contributed by atoms with Crippen molar-refractivity contribution in [3.05, 3.63) is 11.0 Å². The van der Waals surface area contributed by atoms with Crippen molar-refractivity contribution in [1.82, 2.24) is 9.97 Å². The molecule has 1 heterocycles. The molecule has 0 bridgehead atoms. The van der Waals surface area contributed by atoms with Gasteiger partial charge in [0.15, 0.2) is 0 Å². The van der Waals surface area contributed by atoms with Gasteiger partial charge in [-0.15, -0.1) is 0 Å². The summed E-state index contributed by atoms with van der Waals surface area (Å²) in [5, 5.41) is 0.183. The Balaban J connectivity index is 2.30. The fourth-order valence-corrected chi connectivity index (χ4v) is 1.16. The molecule has 2 rings (SSSR count). The highest BCUT2D eigenvalue weighted by atomic mass is 35.5. The smallest absolute Gasteiger partial charge is 0.242 e. The van der Waals surface area contributed by atoms with E-state index in [2.05, 4.69) is 9.97 Å². The van der Waals surface area contributed by atoms with E-state index < -0.39 is 0 Å². The molecule has 0 saturated heterocycles. The molecule has 1 aromatic rings. The molecule has 1 aromatic heterocycles. The van der Waals surface area contributed by atoms with Crippen LogP contribution in [-0.4, -0.2) is 16.1 Å². The van der Waals surface area contributed by atoms with E-state index in [9.17, 15) is 0 Å². The van der Waals surface area contributed by atoms with Gasteiger partial charge in [0, 0.05) is 0 Å². The fourth-order valence-electron chi connectivity index (χ4n) is 0.956. The van der Waals surface area contributed by atoms with Crippen LogP contribution in [0.2, 0.25) is 5.28 Å². The number of ether oxygens (including phenoxy) is 1. The summed E-state index contributed by atoms with van der Waals surface area (Å²) in [6.07, 6.45) is 2.41. The van der Waals surface area contributed by atoms with Gasteiger partial charge in [-0.3, -0.25) is 0 Å². The first-order valence-electron chi connectivity index (χ1n) is 4.13. The summed E-state index contributed by atoms with van der Waals surface area (Å²) in [5.74, 6) is 0.417. The number of hydrogen-bond donors (Lipinski definition) is 1. The number of anilines is 1. The van der Waals surface area contributed by atoms with Crippen LogP contribution in [0.1, 0.15) is 18.5 Å². The first-order chi connectivity index (χ1) is 6.16. The number of aryl methyl sites for hydroxylation is 1. The normalized spacial score (nSPS) is 15.8. The van der Waals surface area contributed by atoms with Gasteiger partial charge in [-0.05, 0) is 31.4 Å². The van der Waals surface area contributed by atoms with Gasteiger partial charge in [-0.1, -0.05) is 0 Å². The molecule has 0 spiro atoms. The Morgan fingerprint density at radius 1 is 1.46 bits per heavy atom. The molecular weight excluding hydrogens is 190 g/mol. The van der Waals surface area contributed by atoms with Crippen molar-refractivity contribution >= 4 is 17.3 Å². The van der Waals surface area contributed by atoms with Gasteiger partial charge in [0.1, 0.15) is 11.8 Å². The maximum absolute atomic E-state index is 5.72. The van der Waals surface area contributed by atoms with E-state index in [1.807, 2.05) is 0 Å². The Labute approximate surface area is 81.1 Å². The Morgan fingerprint density at radius 2 is 2.15 bits per heavy atom. The number of nitrogens with zero attached hydrogens (tertiary/aromatic N) is 2. The predicted molar refractivity (Wildman–Crippen MR) is 49.8 cm³/mol. The molecule has 5 heteroatoms. The SMILES string of the molecule is Cc1nc(Cl)nc(OC2CC2)c1N. The highest BCUT2D eigenvalue weighted by molar-refractivity contribution is 6.28. The zero-order valence-corrected chi connectivity index (χ0v) is 8.01. The average molecular weight is 200 g/mol. The topological polar surface area (TPSA) is 61.0 Å². The number of nitrogen functional groups attached to an aromatic ring is 1. The summed E-state index contributed by atoms with van der Waals surface area (Å²) in [5.41, 5.74) is 6.86. The first kappa shape index (κ1) is 8.56. The zero-order chi connectivity index (χ0) is 9.42. The van der Waals surface area contributed by atoms with Gasteiger partial charge in [0.25, 0.3) is 0 Å². The van der Waals surface area contributed by atoms with Crippen LogP contribution in [0.15, 0.2) is 0 Å². The van der Waals surface area contributed by atoms with Gasteiger partial charge < -0.3 is 10.5 Å². The number of nitrogens with two attached hydrogens (primary N) is 1. The molecule has 13 heavy (non-hydrogen) atoms. The van der Waals surface area contributed by atoms with E-state index in [0.717, 1.165) is 12.8 Å². The second-order valence-electron chi connectivity index (χ2n) is 3.11. The molecule has 0 unspecified atom stereocenters. The molecule has 0 atom stereocenters. The van der Waals surface area contributed by atoms with Crippen molar-refractivity contribution in [3.63, 3.8) is 0 Å². The number of rotatable bonds is 2. The van der Waals surface area contributed by atoms with Crippen molar-refractivity contribution in [3.8, 4) is 5.88 Å². The van der Waals surface area contributed by atoms with Crippen LogP contribution in [0.4, 0.5) is 5.69 Å². The second-order valence-corrected chi connectivity index (χ2v) is 3.45. The highest BCUT2D eigenvalue weighted by Crippen LogP contribution is 2.30. The molecular formula is C8H10ClN3O. The summed E-state index contributed by atoms with van der Waals surface area (Å²) in [6.45, 7) is 1.78. The summed E-state index contributed by atoms with van der Waals surface area (Å²) >= 11 is 5.67. The van der Waals surface area contributed by atoms with Crippen molar-refractivity contribution in [2.45, 2.75) is 25.9 Å². The van der Waals surface area contributed by atoms with Crippen LogP contribution in [0.5, 0.6) is 5.88 Å². The molecule has 0 aliphatic heterocycles. The monoisotopic (exact) mass is 199 g/mol. The molecule has 0 radical (unpaired) electrons. The number of hydrogen-bond acceptors (Lipinski definition) is 4. The van der Waals surface area contributed by atoms with Gasteiger partial charge in [-0.2, -0.15) is 4.98 Å². The molecule has 4 nitrogen and oxygen atoms in total. The minimum atomic E-state index is 0.183. The summed E-state index contributed by atoms with van der Waals surface area (Å²) in [7, 11) is 0. The Kier molecular flexibility index (Phi) is 2.00. The molecule has 1 fully saturated rings. The predicted octanol–water partition coefficient (Wildman–Crippen LogP) is 1.56. The van der Waals surface area contributed by atoms with E-state index >= 15 is 0 Å². The average Bonchev–Trinajstić information content (AvgIpc) is 2.83. The van der Waals surface area contributed by atoms with E-state index in [1.54, 1.807) is 6.92 Å². The second kappa shape index (κ2) is 3.03. The molecule has 0 aromatic carbocycles. The highest BCUT2D eigenvalue weighted by Gasteiger charge is 2.25. The Hall–Kier alpha value is -1.03. The van der Waals surface area contributed by atoms with Crippen LogP contribution in [0, 0.1) is 6.92 Å². The number of aromatic nitrogens is 2. The van der Waals surface area contributed by atoms with Crippen molar-refractivity contribution in [2.24, 2.45) is 0 Å². The van der Waals surface area contributed by atoms with E-state index in [0.29, 0.717) is 17.3 Å². The van der Waals surface area contributed by atoms with Crippen LogP contribution in [0.3, 0.4) is 0 Å². The van der Waals surface area contributed by atoms with Gasteiger partial charge in [0.2, 0.25) is 11.2 Å².